The van der Waals surface area contributed by atoms with Crippen LogP contribution in [0.25, 0.3) is 0 Å². The largest absolute Gasteiger partial charge is 0.330 e. The third-order valence-electron chi connectivity index (χ3n) is 2.79. The van der Waals surface area contributed by atoms with Crippen molar-refractivity contribution < 1.29 is 0 Å². The first-order valence-electron chi connectivity index (χ1n) is 5.35. The number of nitrogens with two attached hydrogens (primary N) is 1. The minimum absolute atomic E-state index is 0.750. The van der Waals surface area contributed by atoms with Crippen LogP contribution in [0.15, 0.2) is 0 Å². The summed E-state index contributed by atoms with van der Waals surface area (Å²) in [5.41, 5.74) is 5.77. The molecule has 0 aliphatic heterocycles. The topological polar surface area (TPSA) is 26.0 Å². The minimum Gasteiger partial charge on any atom is -0.330 e. The zero-order valence-corrected chi connectivity index (χ0v) is 9.14. The minimum atomic E-state index is 0.750. The highest BCUT2D eigenvalue weighted by Gasteiger charge is 2.17. The van der Waals surface area contributed by atoms with Crippen molar-refractivity contribution in [1.82, 2.24) is 0 Å². The van der Waals surface area contributed by atoms with E-state index in [0.29, 0.717) is 0 Å². The molecule has 2 N–H and O–H groups in total. The van der Waals surface area contributed by atoms with Crippen molar-refractivity contribution >= 4 is 0 Å². The summed E-state index contributed by atoms with van der Waals surface area (Å²) in [5.74, 6) is 2.39. The van der Waals surface area contributed by atoms with E-state index < -0.39 is 0 Å². The summed E-state index contributed by atoms with van der Waals surface area (Å²) >= 11 is 0. The van der Waals surface area contributed by atoms with Gasteiger partial charge in [0, 0.05) is 0 Å². The molecule has 0 fully saturated rings. The molecule has 0 bridgehead atoms. The molecule has 0 aromatic carbocycles. The second kappa shape index (κ2) is 6.47. The normalized spacial score (nSPS) is 14.2. The van der Waals surface area contributed by atoms with Crippen LogP contribution in [-0.4, -0.2) is 6.54 Å². The summed E-state index contributed by atoms with van der Waals surface area (Å²) in [7, 11) is 0. The molecule has 0 saturated heterocycles. The fourth-order valence-electron chi connectivity index (χ4n) is 2.04. The van der Waals surface area contributed by atoms with Gasteiger partial charge in [-0.3, -0.25) is 0 Å². The Bertz CT molecular complexity index is 95.2. The predicted octanol–water partition coefficient (Wildman–Crippen LogP) is 3.04. The molecule has 1 heteroatoms. The fraction of sp³-hybridized carbons (Fsp3) is 1.00. The van der Waals surface area contributed by atoms with Crippen LogP contribution in [0, 0.1) is 17.8 Å². The van der Waals surface area contributed by atoms with Gasteiger partial charge in [-0.15, -0.1) is 0 Å². The molecule has 0 spiro atoms. The van der Waals surface area contributed by atoms with Crippen molar-refractivity contribution in [2.75, 3.05) is 6.54 Å². The molecule has 0 aromatic heterocycles. The average molecular weight is 171 g/mol. The molecule has 12 heavy (non-hydrogen) atoms. The highest BCUT2D eigenvalue weighted by molar-refractivity contribution is 4.70. The molecule has 74 valence electrons. The van der Waals surface area contributed by atoms with E-state index in [-0.39, 0.29) is 0 Å². The summed E-state index contributed by atoms with van der Waals surface area (Å²) in [6, 6.07) is 0. The van der Waals surface area contributed by atoms with Crippen LogP contribution in [-0.2, 0) is 0 Å². The Balaban J connectivity index is 3.92. The summed E-state index contributed by atoms with van der Waals surface area (Å²) in [6.07, 6.45) is 3.86. The van der Waals surface area contributed by atoms with Gasteiger partial charge in [-0.1, -0.05) is 40.5 Å². The Labute approximate surface area is 77.7 Å². The Hall–Kier alpha value is -0.0400. The predicted molar refractivity (Wildman–Crippen MR) is 56.1 cm³/mol. The fourth-order valence-corrected chi connectivity index (χ4v) is 2.04. The van der Waals surface area contributed by atoms with Gasteiger partial charge in [-0.25, -0.2) is 0 Å². The molecule has 0 rings (SSSR count). The van der Waals surface area contributed by atoms with E-state index in [4.69, 9.17) is 5.73 Å². The van der Waals surface area contributed by atoms with Gasteiger partial charge in [0.2, 0.25) is 0 Å². The van der Waals surface area contributed by atoms with E-state index in [9.17, 15) is 0 Å². The van der Waals surface area contributed by atoms with E-state index in [0.717, 1.165) is 24.3 Å². The Morgan fingerprint density at radius 1 is 1.00 bits per heavy atom. The molecule has 0 amide bonds. The quantitative estimate of drug-likeness (QED) is 0.653. The highest BCUT2D eigenvalue weighted by Crippen LogP contribution is 2.24. The zero-order valence-electron chi connectivity index (χ0n) is 9.14. The van der Waals surface area contributed by atoms with Gasteiger partial charge < -0.3 is 5.73 Å². The van der Waals surface area contributed by atoms with E-state index in [1.54, 1.807) is 0 Å². The molecule has 0 heterocycles. The second-order valence-electron chi connectivity index (χ2n) is 4.20. The summed E-state index contributed by atoms with van der Waals surface area (Å²) < 4.78 is 0. The monoisotopic (exact) mass is 171 g/mol. The van der Waals surface area contributed by atoms with Crippen molar-refractivity contribution in [2.45, 2.75) is 47.0 Å². The Morgan fingerprint density at radius 3 is 1.75 bits per heavy atom. The first-order chi connectivity index (χ1) is 5.65. The molecule has 0 saturated carbocycles. The third-order valence-corrected chi connectivity index (χ3v) is 2.79. The molecule has 1 nitrogen and oxygen atoms in total. The Morgan fingerprint density at radius 2 is 1.50 bits per heavy atom. The van der Waals surface area contributed by atoms with Gasteiger partial charge in [0.1, 0.15) is 0 Å². The lowest BCUT2D eigenvalue weighted by Gasteiger charge is -2.25. The van der Waals surface area contributed by atoms with E-state index in [1.165, 1.54) is 19.3 Å². The first kappa shape index (κ1) is 12.0. The van der Waals surface area contributed by atoms with Crippen LogP contribution in [0.4, 0.5) is 0 Å². The van der Waals surface area contributed by atoms with Crippen molar-refractivity contribution in [3.05, 3.63) is 0 Å². The summed E-state index contributed by atoms with van der Waals surface area (Å²) in [5, 5.41) is 0. The number of hydrogen-bond donors (Lipinski definition) is 1. The molecule has 0 aliphatic rings. The van der Waals surface area contributed by atoms with Crippen molar-refractivity contribution in [3.8, 4) is 0 Å². The van der Waals surface area contributed by atoms with Gasteiger partial charge in [0.05, 0.1) is 0 Å². The maximum absolute atomic E-state index is 5.77. The van der Waals surface area contributed by atoms with Crippen molar-refractivity contribution in [1.29, 1.82) is 0 Å². The highest BCUT2D eigenvalue weighted by atomic mass is 14.6. The van der Waals surface area contributed by atoms with Crippen molar-refractivity contribution in [2.24, 2.45) is 23.5 Å². The van der Waals surface area contributed by atoms with Crippen molar-refractivity contribution in [3.63, 3.8) is 0 Å². The van der Waals surface area contributed by atoms with Crippen LogP contribution >= 0.6 is 0 Å². The maximum Gasteiger partial charge on any atom is -0.00461 e. The molecular weight excluding hydrogens is 146 g/mol. The van der Waals surface area contributed by atoms with Crippen LogP contribution in [0.5, 0.6) is 0 Å². The second-order valence-corrected chi connectivity index (χ2v) is 4.20. The van der Waals surface area contributed by atoms with E-state index in [1.807, 2.05) is 0 Å². The van der Waals surface area contributed by atoms with E-state index in [2.05, 4.69) is 27.7 Å². The molecule has 0 aliphatic carbocycles. The van der Waals surface area contributed by atoms with Gasteiger partial charge in [0.25, 0.3) is 0 Å². The third kappa shape index (κ3) is 4.10. The molecule has 1 atom stereocenters. The molecular formula is C11H25N. The summed E-state index contributed by atoms with van der Waals surface area (Å²) in [6.45, 7) is 9.98. The Kier molecular flexibility index (Phi) is 6.45. The molecule has 1 unspecified atom stereocenters. The van der Waals surface area contributed by atoms with Gasteiger partial charge >= 0.3 is 0 Å². The standard InChI is InChI=1S/C11H25N/c1-5-10(6-2)11(8-12)7-9(3)4/h9-11H,5-8,12H2,1-4H3. The van der Waals surface area contributed by atoms with Crippen LogP contribution < -0.4 is 5.73 Å². The lowest BCUT2D eigenvalue weighted by atomic mass is 9.82. The van der Waals surface area contributed by atoms with Gasteiger partial charge in [-0.05, 0) is 30.7 Å². The summed E-state index contributed by atoms with van der Waals surface area (Å²) in [4.78, 5) is 0. The maximum atomic E-state index is 5.77. The first-order valence-corrected chi connectivity index (χ1v) is 5.35. The average Bonchev–Trinajstić information content (AvgIpc) is 2.04. The number of hydrogen-bond acceptors (Lipinski definition) is 1. The SMILES string of the molecule is CCC(CC)C(CN)CC(C)C. The lowest BCUT2D eigenvalue weighted by Crippen LogP contribution is -2.24. The van der Waals surface area contributed by atoms with Gasteiger partial charge in [-0.2, -0.15) is 0 Å². The number of rotatable bonds is 6. The molecule has 0 aromatic rings. The lowest BCUT2D eigenvalue weighted by molar-refractivity contribution is 0.273. The zero-order chi connectivity index (χ0) is 9.56. The van der Waals surface area contributed by atoms with Crippen LogP contribution in [0.2, 0.25) is 0 Å². The van der Waals surface area contributed by atoms with Crippen LogP contribution in [0.1, 0.15) is 47.0 Å². The van der Waals surface area contributed by atoms with Crippen LogP contribution in [0.3, 0.4) is 0 Å². The van der Waals surface area contributed by atoms with E-state index >= 15 is 0 Å². The smallest absolute Gasteiger partial charge is 0.00461 e. The van der Waals surface area contributed by atoms with Gasteiger partial charge in [0.15, 0.2) is 0 Å². The molecule has 0 radical (unpaired) electrons.